The summed E-state index contributed by atoms with van der Waals surface area (Å²) < 4.78 is 0. The van der Waals surface area contributed by atoms with Gasteiger partial charge in [0, 0.05) is 5.39 Å². The van der Waals surface area contributed by atoms with E-state index in [1.54, 1.807) is 6.07 Å². The fourth-order valence-electron chi connectivity index (χ4n) is 2.03. The Balaban J connectivity index is 2.51. The second-order valence-electron chi connectivity index (χ2n) is 3.92. The molecule has 0 aromatic heterocycles. The summed E-state index contributed by atoms with van der Waals surface area (Å²) >= 11 is 0. The van der Waals surface area contributed by atoms with Crippen molar-refractivity contribution in [3.8, 4) is 5.75 Å². The molecule has 0 aliphatic heterocycles. The fourth-order valence-corrected chi connectivity index (χ4v) is 2.03. The molecule has 0 fully saturated rings. The van der Waals surface area contributed by atoms with Crippen LogP contribution in [0.25, 0.3) is 21.5 Å². The van der Waals surface area contributed by atoms with E-state index in [2.05, 4.69) is 12.1 Å². The van der Waals surface area contributed by atoms with Gasteiger partial charge in [-0.1, -0.05) is 30.3 Å². The molecule has 0 amide bonds. The van der Waals surface area contributed by atoms with Gasteiger partial charge in [0.1, 0.15) is 5.75 Å². The molecule has 3 rings (SSSR count). The predicted octanol–water partition coefficient (Wildman–Crippen LogP) is 3.28. The molecule has 78 valence electrons. The molecule has 3 N–H and O–H groups in total. The standard InChI is InChI=1S/C14H11NO/c15-14-12-8-10-4-2-1-3-9(10)7-11(12)5-6-13(14)16/h1-8,16H,15H2. The molecular formula is C14H11NO. The van der Waals surface area contributed by atoms with Crippen molar-refractivity contribution in [1.29, 1.82) is 0 Å². The second kappa shape index (κ2) is 3.14. The fraction of sp³-hybridized carbons (Fsp3) is 0. The van der Waals surface area contributed by atoms with E-state index in [9.17, 15) is 5.11 Å². The molecule has 3 aromatic rings. The molecule has 0 unspecified atom stereocenters. The van der Waals surface area contributed by atoms with Crippen LogP contribution in [0.5, 0.6) is 5.75 Å². The van der Waals surface area contributed by atoms with Gasteiger partial charge in [-0.2, -0.15) is 0 Å². The summed E-state index contributed by atoms with van der Waals surface area (Å²) in [4.78, 5) is 0. The minimum absolute atomic E-state index is 0.141. The first-order chi connectivity index (χ1) is 7.75. The third-order valence-corrected chi connectivity index (χ3v) is 2.90. The maximum atomic E-state index is 9.56. The van der Waals surface area contributed by atoms with Gasteiger partial charge in [-0.15, -0.1) is 0 Å². The Kier molecular flexibility index (Phi) is 1.77. The SMILES string of the molecule is Nc1c(O)ccc2cc3ccccc3cc12. The molecule has 0 bridgehead atoms. The van der Waals surface area contributed by atoms with Crippen LogP contribution in [-0.4, -0.2) is 5.11 Å². The number of benzene rings is 3. The molecular weight excluding hydrogens is 198 g/mol. The minimum atomic E-state index is 0.141. The molecule has 0 heterocycles. The number of hydrogen-bond acceptors (Lipinski definition) is 2. The Morgan fingerprint density at radius 2 is 1.50 bits per heavy atom. The van der Waals surface area contributed by atoms with Gasteiger partial charge in [-0.05, 0) is 34.4 Å². The lowest BCUT2D eigenvalue weighted by atomic mass is 10.0. The van der Waals surface area contributed by atoms with Crippen LogP contribution in [0.4, 0.5) is 5.69 Å². The number of fused-ring (bicyclic) bond motifs is 2. The van der Waals surface area contributed by atoms with Crippen LogP contribution >= 0.6 is 0 Å². The van der Waals surface area contributed by atoms with Crippen LogP contribution < -0.4 is 5.73 Å². The van der Waals surface area contributed by atoms with E-state index in [-0.39, 0.29) is 5.75 Å². The maximum Gasteiger partial charge on any atom is 0.139 e. The van der Waals surface area contributed by atoms with Crippen molar-refractivity contribution < 1.29 is 5.11 Å². The highest BCUT2D eigenvalue weighted by molar-refractivity contribution is 6.04. The quantitative estimate of drug-likeness (QED) is 0.339. The van der Waals surface area contributed by atoms with Gasteiger partial charge >= 0.3 is 0 Å². The third-order valence-electron chi connectivity index (χ3n) is 2.90. The molecule has 0 aliphatic rings. The van der Waals surface area contributed by atoms with Gasteiger partial charge in [-0.3, -0.25) is 0 Å². The molecule has 0 aliphatic carbocycles. The first-order valence-corrected chi connectivity index (χ1v) is 5.16. The third kappa shape index (κ3) is 1.20. The van der Waals surface area contributed by atoms with E-state index in [1.165, 1.54) is 5.39 Å². The highest BCUT2D eigenvalue weighted by atomic mass is 16.3. The predicted molar refractivity (Wildman–Crippen MR) is 67.5 cm³/mol. The highest BCUT2D eigenvalue weighted by Gasteiger charge is 2.04. The molecule has 0 saturated heterocycles. The van der Waals surface area contributed by atoms with E-state index in [1.807, 2.05) is 30.3 Å². The van der Waals surface area contributed by atoms with Gasteiger partial charge < -0.3 is 10.8 Å². The van der Waals surface area contributed by atoms with Crippen molar-refractivity contribution >= 4 is 27.2 Å². The van der Waals surface area contributed by atoms with Crippen LogP contribution in [0.2, 0.25) is 0 Å². The first kappa shape index (κ1) is 9.04. The largest absolute Gasteiger partial charge is 0.506 e. The number of rotatable bonds is 0. The summed E-state index contributed by atoms with van der Waals surface area (Å²) in [7, 11) is 0. The molecule has 16 heavy (non-hydrogen) atoms. The molecule has 0 radical (unpaired) electrons. The molecule has 2 heteroatoms. The first-order valence-electron chi connectivity index (χ1n) is 5.16. The lowest BCUT2D eigenvalue weighted by molar-refractivity contribution is 0.478. The normalized spacial score (nSPS) is 11.0. The van der Waals surface area contributed by atoms with Crippen LogP contribution in [-0.2, 0) is 0 Å². The average Bonchev–Trinajstić information content (AvgIpc) is 2.32. The van der Waals surface area contributed by atoms with E-state index in [0.717, 1.165) is 16.2 Å². The Hall–Kier alpha value is -2.22. The second-order valence-corrected chi connectivity index (χ2v) is 3.92. The van der Waals surface area contributed by atoms with Crippen LogP contribution in [0.15, 0.2) is 48.5 Å². The van der Waals surface area contributed by atoms with E-state index >= 15 is 0 Å². The number of phenols is 1. The summed E-state index contributed by atoms with van der Waals surface area (Å²) in [6, 6.07) is 15.7. The summed E-state index contributed by atoms with van der Waals surface area (Å²) in [5, 5.41) is 13.8. The lowest BCUT2D eigenvalue weighted by Crippen LogP contribution is -1.88. The Morgan fingerprint density at radius 3 is 2.25 bits per heavy atom. The van der Waals surface area contributed by atoms with Gasteiger partial charge in [0.25, 0.3) is 0 Å². The van der Waals surface area contributed by atoms with Crippen molar-refractivity contribution in [2.75, 3.05) is 5.73 Å². The Morgan fingerprint density at radius 1 is 0.812 bits per heavy atom. The minimum Gasteiger partial charge on any atom is -0.506 e. The molecule has 3 aromatic carbocycles. The average molecular weight is 209 g/mol. The van der Waals surface area contributed by atoms with Gasteiger partial charge in [0.05, 0.1) is 5.69 Å². The van der Waals surface area contributed by atoms with Crippen molar-refractivity contribution in [3.63, 3.8) is 0 Å². The molecule has 2 nitrogen and oxygen atoms in total. The Bertz CT molecular complexity index is 689. The summed E-state index contributed by atoms with van der Waals surface area (Å²) in [5.41, 5.74) is 6.31. The zero-order valence-corrected chi connectivity index (χ0v) is 8.64. The van der Waals surface area contributed by atoms with E-state index < -0.39 is 0 Å². The van der Waals surface area contributed by atoms with E-state index in [4.69, 9.17) is 5.73 Å². The Labute approximate surface area is 92.9 Å². The van der Waals surface area contributed by atoms with Gasteiger partial charge in [-0.25, -0.2) is 0 Å². The van der Waals surface area contributed by atoms with Gasteiger partial charge in [0.2, 0.25) is 0 Å². The summed E-state index contributed by atoms with van der Waals surface area (Å²) in [6.45, 7) is 0. The van der Waals surface area contributed by atoms with Crippen molar-refractivity contribution in [3.05, 3.63) is 48.5 Å². The van der Waals surface area contributed by atoms with Crippen LogP contribution in [0.1, 0.15) is 0 Å². The van der Waals surface area contributed by atoms with Crippen LogP contribution in [0.3, 0.4) is 0 Å². The number of nitrogen functional groups attached to an aromatic ring is 1. The highest BCUT2D eigenvalue weighted by Crippen LogP contribution is 2.32. The monoisotopic (exact) mass is 209 g/mol. The topological polar surface area (TPSA) is 46.2 Å². The molecule has 0 saturated carbocycles. The van der Waals surface area contributed by atoms with Gasteiger partial charge in [0.15, 0.2) is 0 Å². The van der Waals surface area contributed by atoms with Crippen molar-refractivity contribution in [1.82, 2.24) is 0 Å². The maximum absolute atomic E-state index is 9.56. The zero-order chi connectivity index (χ0) is 11.1. The van der Waals surface area contributed by atoms with Crippen molar-refractivity contribution in [2.24, 2.45) is 0 Å². The van der Waals surface area contributed by atoms with Crippen molar-refractivity contribution in [2.45, 2.75) is 0 Å². The number of aromatic hydroxyl groups is 1. The zero-order valence-electron chi connectivity index (χ0n) is 8.64. The summed E-state index contributed by atoms with van der Waals surface area (Å²) in [5.74, 6) is 0.141. The number of anilines is 1. The number of nitrogens with two attached hydrogens (primary N) is 1. The van der Waals surface area contributed by atoms with Crippen LogP contribution in [0, 0.1) is 0 Å². The summed E-state index contributed by atoms with van der Waals surface area (Å²) in [6.07, 6.45) is 0. The van der Waals surface area contributed by atoms with E-state index in [0.29, 0.717) is 5.69 Å². The smallest absolute Gasteiger partial charge is 0.139 e. The lowest BCUT2D eigenvalue weighted by Gasteiger charge is -2.06. The molecule has 0 spiro atoms. The number of hydrogen-bond donors (Lipinski definition) is 2. The number of phenolic OH excluding ortho intramolecular Hbond substituents is 1. The molecule has 0 atom stereocenters.